The monoisotopic (exact) mass is 423 g/mol. The van der Waals surface area contributed by atoms with Crippen LogP contribution < -0.4 is 19.1 Å². The molecule has 0 radical (unpaired) electrons. The molecule has 0 spiro atoms. The molecule has 1 atom stereocenters. The Bertz CT molecular complexity index is 966. The van der Waals surface area contributed by atoms with Gasteiger partial charge in [-0.3, -0.25) is 4.79 Å². The van der Waals surface area contributed by atoms with E-state index >= 15 is 0 Å². The Hall–Kier alpha value is -2.85. The number of anilines is 1. The SMILES string of the molecule is CN(C)S(=O)(=O)N(CC(=O)NC[C@@H]1COc2ccccc2O1)c1ccc(F)cc1. The maximum atomic E-state index is 13.2. The second-order valence-electron chi connectivity index (χ2n) is 6.57. The summed E-state index contributed by atoms with van der Waals surface area (Å²) in [6.45, 7) is -0.0578. The third kappa shape index (κ3) is 4.96. The van der Waals surface area contributed by atoms with Gasteiger partial charge in [0.1, 0.15) is 25.1 Å². The predicted octanol–water partition coefficient (Wildman–Crippen LogP) is 1.39. The Balaban J connectivity index is 1.65. The van der Waals surface area contributed by atoms with Crippen molar-refractivity contribution < 1.29 is 27.1 Å². The molecule has 0 aromatic heterocycles. The van der Waals surface area contributed by atoms with Crippen LogP contribution >= 0.6 is 0 Å². The third-order valence-corrected chi connectivity index (χ3v) is 6.06. The minimum atomic E-state index is -3.96. The molecule has 156 valence electrons. The second-order valence-corrected chi connectivity index (χ2v) is 8.64. The van der Waals surface area contributed by atoms with Crippen LogP contribution in [-0.4, -0.2) is 58.5 Å². The molecular formula is C19H22FN3O5S. The summed E-state index contributed by atoms with van der Waals surface area (Å²) in [5, 5.41) is 2.66. The Labute approximate surface area is 169 Å². The van der Waals surface area contributed by atoms with Crippen molar-refractivity contribution >= 4 is 21.8 Å². The van der Waals surface area contributed by atoms with Gasteiger partial charge in [-0.25, -0.2) is 8.70 Å². The van der Waals surface area contributed by atoms with Crippen LogP contribution in [0.4, 0.5) is 10.1 Å². The Morgan fingerprint density at radius 1 is 1.14 bits per heavy atom. The molecule has 29 heavy (non-hydrogen) atoms. The lowest BCUT2D eigenvalue weighted by molar-refractivity contribution is -0.120. The van der Waals surface area contributed by atoms with Crippen LogP contribution in [0.25, 0.3) is 0 Å². The van der Waals surface area contributed by atoms with Crippen LogP contribution in [0.15, 0.2) is 48.5 Å². The van der Waals surface area contributed by atoms with Gasteiger partial charge in [-0.05, 0) is 36.4 Å². The molecule has 0 saturated carbocycles. The average molecular weight is 423 g/mol. The number of hydrogen-bond donors (Lipinski definition) is 1. The summed E-state index contributed by atoms with van der Waals surface area (Å²) in [6, 6.07) is 12.1. The van der Waals surface area contributed by atoms with Crippen molar-refractivity contribution in [2.24, 2.45) is 0 Å². The van der Waals surface area contributed by atoms with E-state index in [0.29, 0.717) is 11.5 Å². The summed E-state index contributed by atoms with van der Waals surface area (Å²) < 4.78 is 51.7. The number of nitrogens with zero attached hydrogens (tertiary/aromatic N) is 2. The molecule has 0 saturated heterocycles. The summed E-state index contributed by atoms with van der Waals surface area (Å²) in [4.78, 5) is 12.4. The Kier molecular flexibility index (Phi) is 6.23. The normalized spacial score (nSPS) is 15.8. The summed E-state index contributed by atoms with van der Waals surface area (Å²) in [5.74, 6) is 0.188. The molecule has 1 aliphatic heterocycles. The molecule has 3 rings (SSSR count). The molecule has 8 nitrogen and oxygen atoms in total. The molecule has 0 bridgehead atoms. The van der Waals surface area contributed by atoms with E-state index in [2.05, 4.69) is 5.32 Å². The lowest BCUT2D eigenvalue weighted by Gasteiger charge is -2.28. The Morgan fingerprint density at radius 2 is 1.79 bits per heavy atom. The number of benzene rings is 2. The zero-order valence-corrected chi connectivity index (χ0v) is 16.9. The summed E-state index contributed by atoms with van der Waals surface area (Å²) >= 11 is 0. The van der Waals surface area contributed by atoms with Crippen LogP contribution in [0.3, 0.4) is 0 Å². The zero-order valence-electron chi connectivity index (χ0n) is 16.0. The maximum absolute atomic E-state index is 13.2. The van der Waals surface area contributed by atoms with Crippen LogP contribution in [0.5, 0.6) is 11.5 Å². The van der Waals surface area contributed by atoms with E-state index in [1.54, 1.807) is 12.1 Å². The molecular weight excluding hydrogens is 401 g/mol. The van der Waals surface area contributed by atoms with E-state index in [-0.39, 0.29) is 18.8 Å². The summed E-state index contributed by atoms with van der Waals surface area (Å²) in [5.41, 5.74) is 0.182. The molecule has 10 heteroatoms. The Morgan fingerprint density at radius 3 is 2.45 bits per heavy atom. The first-order valence-electron chi connectivity index (χ1n) is 8.88. The number of hydrogen-bond acceptors (Lipinski definition) is 5. The van der Waals surface area contributed by atoms with Gasteiger partial charge in [0.25, 0.3) is 0 Å². The molecule has 1 N–H and O–H groups in total. The molecule has 0 aliphatic carbocycles. The molecule has 1 aliphatic rings. The number of para-hydroxylation sites is 2. The number of rotatable bonds is 7. The number of amides is 1. The van der Waals surface area contributed by atoms with Gasteiger partial charge >= 0.3 is 10.2 Å². The van der Waals surface area contributed by atoms with Crippen molar-refractivity contribution in [2.75, 3.05) is 38.1 Å². The van der Waals surface area contributed by atoms with E-state index in [1.165, 1.54) is 26.2 Å². The summed E-state index contributed by atoms with van der Waals surface area (Å²) in [7, 11) is -1.24. The zero-order chi connectivity index (χ0) is 21.0. The maximum Gasteiger partial charge on any atom is 0.304 e. The van der Waals surface area contributed by atoms with E-state index in [4.69, 9.17) is 9.47 Å². The first-order valence-corrected chi connectivity index (χ1v) is 10.3. The molecule has 1 amide bonds. The fourth-order valence-corrected chi connectivity index (χ4v) is 3.75. The van der Waals surface area contributed by atoms with Gasteiger partial charge < -0.3 is 14.8 Å². The second kappa shape index (κ2) is 8.66. The number of carbonyl (C=O) groups is 1. The van der Waals surface area contributed by atoms with Crippen molar-refractivity contribution in [2.45, 2.75) is 6.10 Å². The van der Waals surface area contributed by atoms with Gasteiger partial charge in [0.15, 0.2) is 11.5 Å². The van der Waals surface area contributed by atoms with Crippen LogP contribution in [0.2, 0.25) is 0 Å². The average Bonchev–Trinajstić information content (AvgIpc) is 2.71. The van der Waals surface area contributed by atoms with Crippen molar-refractivity contribution in [3.05, 3.63) is 54.3 Å². The molecule has 2 aromatic carbocycles. The highest BCUT2D eigenvalue weighted by Crippen LogP contribution is 2.30. The van der Waals surface area contributed by atoms with E-state index < -0.39 is 34.6 Å². The summed E-state index contributed by atoms with van der Waals surface area (Å²) in [6.07, 6.45) is -0.404. The fraction of sp³-hybridized carbons (Fsp3) is 0.316. The first-order chi connectivity index (χ1) is 13.8. The van der Waals surface area contributed by atoms with Crippen LogP contribution in [-0.2, 0) is 15.0 Å². The van der Waals surface area contributed by atoms with Crippen molar-refractivity contribution in [1.82, 2.24) is 9.62 Å². The van der Waals surface area contributed by atoms with E-state index in [0.717, 1.165) is 20.7 Å². The smallest absolute Gasteiger partial charge is 0.304 e. The van der Waals surface area contributed by atoms with Gasteiger partial charge in [-0.1, -0.05) is 12.1 Å². The largest absolute Gasteiger partial charge is 0.486 e. The predicted molar refractivity (Wildman–Crippen MR) is 106 cm³/mol. The highest BCUT2D eigenvalue weighted by molar-refractivity contribution is 7.90. The van der Waals surface area contributed by atoms with Gasteiger partial charge in [-0.2, -0.15) is 12.7 Å². The molecule has 0 fully saturated rings. The number of fused-ring (bicyclic) bond motifs is 1. The molecule has 1 heterocycles. The van der Waals surface area contributed by atoms with Gasteiger partial charge in [-0.15, -0.1) is 0 Å². The standard InChI is InChI=1S/C19H22FN3O5S/c1-22(2)29(25,26)23(15-9-7-14(20)8-10-15)12-19(24)21-11-16-13-27-17-5-3-4-6-18(17)28-16/h3-10,16H,11-13H2,1-2H3,(H,21,24)/t16-/m1/s1. The topological polar surface area (TPSA) is 88.2 Å². The number of carbonyl (C=O) groups excluding carboxylic acids is 1. The van der Waals surface area contributed by atoms with Gasteiger partial charge in [0.05, 0.1) is 12.2 Å². The van der Waals surface area contributed by atoms with Crippen molar-refractivity contribution in [3.63, 3.8) is 0 Å². The molecule has 0 unspecified atom stereocenters. The number of halogens is 1. The van der Waals surface area contributed by atoms with Crippen molar-refractivity contribution in [3.8, 4) is 11.5 Å². The van der Waals surface area contributed by atoms with Crippen molar-refractivity contribution in [1.29, 1.82) is 0 Å². The highest BCUT2D eigenvalue weighted by Gasteiger charge is 2.28. The minimum Gasteiger partial charge on any atom is -0.486 e. The highest BCUT2D eigenvalue weighted by atomic mass is 32.2. The lowest BCUT2D eigenvalue weighted by Crippen LogP contribution is -2.48. The first kappa shape index (κ1) is 20.9. The van der Waals surface area contributed by atoms with E-state index in [1.807, 2.05) is 12.1 Å². The van der Waals surface area contributed by atoms with Crippen LogP contribution in [0.1, 0.15) is 0 Å². The lowest BCUT2D eigenvalue weighted by atomic mass is 10.2. The quantitative estimate of drug-likeness (QED) is 0.727. The fourth-order valence-electron chi connectivity index (χ4n) is 2.69. The third-order valence-electron chi connectivity index (χ3n) is 4.24. The van der Waals surface area contributed by atoms with E-state index in [9.17, 15) is 17.6 Å². The number of nitrogens with one attached hydrogen (secondary N) is 1. The number of ether oxygens (including phenoxy) is 2. The van der Waals surface area contributed by atoms with Crippen LogP contribution in [0, 0.1) is 5.82 Å². The van der Waals surface area contributed by atoms with Gasteiger partial charge in [0, 0.05) is 14.1 Å². The minimum absolute atomic E-state index is 0.145. The van der Waals surface area contributed by atoms with Gasteiger partial charge in [0.2, 0.25) is 5.91 Å². The molecule has 2 aromatic rings.